The SMILES string of the molecule is CCCCC[C@H]1C[C@@H](CCc2ccc(OCc3ccccc3)c(OC)c2)OC(C)(C)O1. The number of methoxy groups -OCH3 is 1. The molecule has 1 heterocycles. The molecule has 0 radical (unpaired) electrons. The minimum absolute atomic E-state index is 0.218. The molecule has 2 aromatic carbocycles. The summed E-state index contributed by atoms with van der Waals surface area (Å²) in [6.45, 7) is 6.84. The molecule has 0 bridgehead atoms. The molecule has 3 rings (SSSR count). The Morgan fingerprint density at radius 3 is 2.35 bits per heavy atom. The molecule has 0 aromatic heterocycles. The van der Waals surface area contributed by atoms with Crippen molar-refractivity contribution in [1.29, 1.82) is 0 Å². The number of ether oxygens (including phenoxy) is 4. The summed E-state index contributed by atoms with van der Waals surface area (Å²) in [6, 6.07) is 16.4. The second kappa shape index (κ2) is 11.5. The van der Waals surface area contributed by atoms with Crippen molar-refractivity contribution in [2.75, 3.05) is 7.11 Å². The van der Waals surface area contributed by atoms with Crippen LogP contribution in [0.5, 0.6) is 11.5 Å². The van der Waals surface area contributed by atoms with E-state index >= 15 is 0 Å². The molecule has 0 amide bonds. The number of aryl methyl sites for hydroxylation is 1. The zero-order chi connectivity index (χ0) is 22.1. The van der Waals surface area contributed by atoms with Crippen molar-refractivity contribution >= 4 is 0 Å². The van der Waals surface area contributed by atoms with Gasteiger partial charge in [-0.3, -0.25) is 0 Å². The first-order valence-corrected chi connectivity index (χ1v) is 11.7. The minimum atomic E-state index is -0.507. The summed E-state index contributed by atoms with van der Waals surface area (Å²) in [5.74, 6) is 1.04. The van der Waals surface area contributed by atoms with Crippen LogP contribution in [0.4, 0.5) is 0 Å². The molecular weight excluding hydrogens is 388 g/mol. The Kier molecular flexibility index (Phi) is 8.79. The van der Waals surface area contributed by atoms with Crippen molar-refractivity contribution in [3.63, 3.8) is 0 Å². The van der Waals surface area contributed by atoms with Gasteiger partial charge in [0, 0.05) is 6.42 Å². The average Bonchev–Trinajstić information content (AvgIpc) is 2.76. The quantitative estimate of drug-likeness (QED) is 0.375. The largest absolute Gasteiger partial charge is 0.493 e. The van der Waals surface area contributed by atoms with Crippen LogP contribution in [0.2, 0.25) is 0 Å². The van der Waals surface area contributed by atoms with Gasteiger partial charge in [0.15, 0.2) is 17.3 Å². The van der Waals surface area contributed by atoms with Gasteiger partial charge in [0.2, 0.25) is 0 Å². The maximum Gasteiger partial charge on any atom is 0.163 e. The zero-order valence-electron chi connectivity index (χ0n) is 19.6. The fraction of sp³-hybridized carbons (Fsp3) is 0.556. The van der Waals surface area contributed by atoms with Gasteiger partial charge in [0.25, 0.3) is 0 Å². The van der Waals surface area contributed by atoms with Crippen LogP contribution >= 0.6 is 0 Å². The van der Waals surface area contributed by atoms with Gasteiger partial charge >= 0.3 is 0 Å². The van der Waals surface area contributed by atoms with Crippen LogP contribution in [-0.2, 0) is 22.5 Å². The Bertz CT molecular complexity index is 787. The lowest BCUT2D eigenvalue weighted by Gasteiger charge is -2.41. The smallest absolute Gasteiger partial charge is 0.163 e. The van der Waals surface area contributed by atoms with Gasteiger partial charge in [-0.1, -0.05) is 62.6 Å². The Balaban J connectivity index is 1.55. The molecule has 0 aliphatic carbocycles. The molecule has 0 unspecified atom stereocenters. The number of benzene rings is 2. The molecule has 0 N–H and O–H groups in total. The van der Waals surface area contributed by atoms with Crippen LogP contribution < -0.4 is 9.47 Å². The normalized spacial score (nSPS) is 20.4. The second-order valence-corrected chi connectivity index (χ2v) is 8.91. The van der Waals surface area contributed by atoms with E-state index in [1.54, 1.807) is 7.11 Å². The lowest BCUT2D eigenvalue weighted by Crippen LogP contribution is -2.44. The van der Waals surface area contributed by atoms with Crippen LogP contribution in [0.1, 0.15) is 70.4 Å². The summed E-state index contributed by atoms with van der Waals surface area (Å²) in [4.78, 5) is 0. The molecule has 2 atom stereocenters. The fourth-order valence-corrected chi connectivity index (χ4v) is 4.25. The summed E-state index contributed by atoms with van der Waals surface area (Å²) in [6.07, 6.45) is 8.26. The molecule has 2 aromatic rings. The van der Waals surface area contributed by atoms with Crippen LogP contribution in [0.15, 0.2) is 48.5 Å². The second-order valence-electron chi connectivity index (χ2n) is 8.91. The van der Waals surface area contributed by atoms with E-state index in [9.17, 15) is 0 Å². The van der Waals surface area contributed by atoms with E-state index in [-0.39, 0.29) is 6.10 Å². The molecule has 170 valence electrons. The summed E-state index contributed by atoms with van der Waals surface area (Å²) < 4.78 is 24.0. The first-order valence-electron chi connectivity index (χ1n) is 11.7. The molecule has 1 saturated heterocycles. The highest BCUT2D eigenvalue weighted by Gasteiger charge is 2.34. The third-order valence-electron chi connectivity index (χ3n) is 5.78. The first-order chi connectivity index (χ1) is 15.0. The molecule has 0 saturated carbocycles. The lowest BCUT2D eigenvalue weighted by molar-refractivity contribution is -0.301. The van der Waals surface area contributed by atoms with Crippen molar-refractivity contribution in [2.24, 2.45) is 0 Å². The van der Waals surface area contributed by atoms with Crippen LogP contribution in [0.3, 0.4) is 0 Å². The number of rotatable bonds is 11. The van der Waals surface area contributed by atoms with Crippen molar-refractivity contribution in [3.8, 4) is 11.5 Å². The highest BCUT2D eigenvalue weighted by Crippen LogP contribution is 2.33. The Labute approximate surface area is 187 Å². The van der Waals surface area contributed by atoms with Gasteiger partial charge < -0.3 is 18.9 Å². The maximum atomic E-state index is 6.22. The van der Waals surface area contributed by atoms with Gasteiger partial charge in [-0.15, -0.1) is 0 Å². The summed E-state index contributed by atoms with van der Waals surface area (Å²) in [7, 11) is 1.69. The molecule has 0 spiro atoms. The van der Waals surface area contributed by atoms with Gasteiger partial charge in [-0.25, -0.2) is 0 Å². The molecule has 4 heteroatoms. The van der Waals surface area contributed by atoms with Crippen LogP contribution in [-0.4, -0.2) is 25.1 Å². The summed E-state index contributed by atoms with van der Waals surface area (Å²) >= 11 is 0. The Hall–Kier alpha value is -2.04. The molecule has 31 heavy (non-hydrogen) atoms. The molecular formula is C27H38O4. The Morgan fingerprint density at radius 2 is 1.65 bits per heavy atom. The minimum Gasteiger partial charge on any atom is -0.493 e. The number of unbranched alkanes of at least 4 members (excludes halogenated alkanes) is 2. The van der Waals surface area contributed by atoms with E-state index in [0.717, 1.165) is 42.7 Å². The predicted octanol–water partition coefficient (Wildman–Crippen LogP) is 6.70. The summed E-state index contributed by atoms with van der Waals surface area (Å²) in [5.41, 5.74) is 2.38. The van der Waals surface area contributed by atoms with Gasteiger partial charge in [-0.2, -0.15) is 0 Å². The van der Waals surface area contributed by atoms with E-state index < -0.39 is 5.79 Å². The monoisotopic (exact) mass is 426 g/mol. The highest BCUT2D eigenvalue weighted by molar-refractivity contribution is 5.43. The average molecular weight is 427 g/mol. The number of hydrogen-bond donors (Lipinski definition) is 0. The van der Waals surface area contributed by atoms with Gasteiger partial charge in [0.1, 0.15) is 6.61 Å². The molecule has 4 nitrogen and oxygen atoms in total. The highest BCUT2D eigenvalue weighted by atomic mass is 16.7. The third-order valence-corrected chi connectivity index (χ3v) is 5.78. The standard InChI is InChI=1S/C27H38O4/c1-5-6-8-13-23-19-24(31-27(2,3)30-23)16-14-21-15-17-25(26(18-21)28-4)29-20-22-11-9-7-10-12-22/h7,9-12,15,17-18,23-24H,5-6,8,13-14,16,19-20H2,1-4H3/t23-,24+/m0/s1. The van der Waals surface area contributed by atoms with Crippen LogP contribution in [0, 0.1) is 0 Å². The van der Waals surface area contributed by atoms with E-state index in [0.29, 0.717) is 12.7 Å². The Morgan fingerprint density at radius 1 is 0.903 bits per heavy atom. The topological polar surface area (TPSA) is 36.9 Å². The van der Waals surface area contributed by atoms with Crippen molar-refractivity contribution in [3.05, 3.63) is 59.7 Å². The maximum absolute atomic E-state index is 6.22. The molecule has 1 aliphatic rings. The van der Waals surface area contributed by atoms with E-state index in [2.05, 4.69) is 31.2 Å². The van der Waals surface area contributed by atoms with Crippen molar-refractivity contribution < 1.29 is 18.9 Å². The van der Waals surface area contributed by atoms with Crippen molar-refractivity contribution in [2.45, 2.75) is 90.3 Å². The van der Waals surface area contributed by atoms with E-state index in [1.807, 2.05) is 38.1 Å². The van der Waals surface area contributed by atoms with Crippen LogP contribution in [0.25, 0.3) is 0 Å². The van der Waals surface area contributed by atoms with Gasteiger partial charge in [0.05, 0.1) is 19.3 Å². The lowest BCUT2D eigenvalue weighted by atomic mass is 9.97. The fourth-order valence-electron chi connectivity index (χ4n) is 4.25. The third kappa shape index (κ3) is 7.55. The molecule has 1 aliphatic heterocycles. The number of hydrogen-bond acceptors (Lipinski definition) is 4. The predicted molar refractivity (Wildman–Crippen MR) is 125 cm³/mol. The molecule has 1 fully saturated rings. The van der Waals surface area contributed by atoms with E-state index in [4.69, 9.17) is 18.9 Å². The summed E-state index contributed by atoms with van der Waals surface area (Å²) in [5, 5.41) is 0. The first kappa shape index (κ1) is 23.6. The van der Waals surface area contributed by atoms with Crippen molar-refractivity contribution in [1.82, 2.24) is 0 Å². The zero-order valence-corrected chi connectivity index (χ0v) is 19.6. The van der Waals surface area contributed by atoms with E-state index in [1.165, 1.54) is 24.8 Å². The van der Waals surface area contributed by atoms with Gasteiger partial charge in [-0.05, 0) is 56.4 Å².